The Labute approximate surface area is 62.9 Å². The Morgan fingerprint density at radius 2 is 2.60 bits per heavy atom. The van der Waals surface area contributed by atoms with Gasteiger partial charge in [-0.15, -0.1) is 5.73 Å². The van der Waals surface area contributed by atoms with Crippen molar-refractivity contribution >= 4 is 11.4 Å². The Kier molecular flexibility index (Phi) is 5.16. The average molecular weight is 161 g/mol. The monoisotopic (exact) mass is 161 g/mol. The van der Waals surface area contributed by atoms with E-state index < -0.39 is 17.5 Å². The van der Waals surface area contributed by atoms with Crippen molar-refractivity contribution < 1.29 is 12.9 Å². The first-order chi connectivity index (χ1) is 4.70. The molecule has 0 N–H and O–H groups in total. The molecule has 4 heteroatoms. The van der Waals surface area contributed by atoms with Crippen molar-refractivity contribution in [1.29, 1.82) is 0 Å². The van der Waals surface area contributed by atoms with E-state index in [0.29, 0.717) is 6.42 Å². The first-order valence-corrected chi connectivity index (χ1v) is 3.83. The van der Waals surface area contributed by atoms with Gasteiger partial charge in [0.15, 0.2) is 0 Å². The highest BCUT2D eigenvalue weighted by Crippen LogP contribution is 1.99. The van der Waals surface area contributed by atoms with E-state index >= 15 is 0 Å². The van der Waals surface area contributed by atoms with Crippen LogP contribution in [-0.4, -0.2) is 14.9 Å². The van der Waals surface area contributed by atoms with Gasteiger partial charge in [-0.05, 0) is 12.5 Å². The molecule has 0 radical (unpaired) electrons. The fraction of sp³-hybridized carbons (Fsp3) is 0.500. The summed E-state index contributed by atoms with van der Waals surface area (Å²) in [6, 6.07) is 0. The van der Waals surface area contributed by atoms with E-state index in [1.165, 1.54) is 6.08 Å². The Morgan fingerprint density at radius 3 is 2.90 bits per heavy atom. The van der Waals surface area contributed by atoms with Crippen LogP contribution in [0.4, 0.5) is 0 Å². The van der Waals surface area contributed by atoms with Gasteiger partial charge in [0.1, 0.15) is 0 Å². The lowest BCUT2D eigenvalue weighted by Crippen LogP contribution is -2.09. The van der Waals surface area contributed by atoms with E-state index in [2.05, 4.69) is 16.5 Å². The standard InChI is InChI=1S/C6H10O3S/c1-3-5-6(4-2)9-10(7)8/h5-6H,1,4H2,2H3,(H,7,8)/p-1. The fourth-order valence-electron chi connectivity index (χ4n) is 0.446. The van der Waals surface area contributed by atoms with Crippen LogP contribution in [0.2, 0.25) is 0 Å². The van der Waals surface area contributed by atoms with Crippen molar-refractivity contribution in [3.8, 4) is 0 Å². The number of hydrogen-bond donors (Lipinski definition) is 0. The van der Waals surface area contributed by atoms with E-state index in [1.54, 1.807) is 0 Å². The predicted octanol–water partition coefficient (Wildman–Crippen LogP) is 0.917. The van der Waals surface area contributed by atoms with Crippen LogP contribution in [0.15, 0.2) is 18.4 Å². The van der Waals surface area contributed by atoms with Gasteiger partial charge in [-0.3, -0.25) is 4.18 Å². The van der Waals surface area contributed by atoms with Crippen molar-refractivity contribution in [2.75, 3.05) is 0 Å². The third kappa shape index (κ3) is 4.47. The molecule has 0 aliphatic carbocycles. The van der Waals surface area contributed by atoms with Gasteiger partial charge in [0.05, 0.1) is 17.5 Å². The lowest BCUT2D eigenvalue weighted by molar-refractivity contribution is 0.240. The summed E-state index contributed by atoms with van der Waals surface area (Å²) < 4.78 is 24.3. The Hall–Kier alpha value is -0.410. The highest BCUT2D eigenvalue weighted by atomic mass is 32.2. The molecule has 0 aliphatic rings. The minimum absolute atomic E-state index is 0.421. The lowest BCUT2D eigenvalue weighted by Gasteiger charge is -2.11. The van der Waals surface area contributed by atoms with Gasteiger partial charge in [-0.1, -0.05) is 13.5 Å². The molecule has 0 amide bonds. The van der Waals surface area contributed by atoms with Crippen molar-refractivity contribution in [2.24, 2.45) is 0 Å². The minimum Gasteiger partial charge on any atom is -0.750 e. The van der Waals surface area contributed by atoms with E-state index in [9.17, 15) is 8.76 Å². The van der Waals surface area contributed by atoms with Gasteiger partial charge in [0, 0.05) is 0 Å². The molecule has 0 saturated heterocycles. The maximum absolute atomic E-state index is 9.95. The molecule has 2 unspecified atom stereocenters. The highest BCUT2D eigenvalue weighted by molar-refractivity contribution is 7.74. The third-order valence-corrected chi connectivity index (χ3v) is 1.31. The second kappa shape index (κ2) is 5.38. The van der Waals surface area contributed by atoms with Crippen LogP contribution in [0, 0.1) is 0 Å². The zero-order valence-corrected chi connectivity index (χ0v) is 6.52. The first-order valence-electron chi connectivity index (χ1n) is 2.83. The van der Waals surface area contributed by atoms with Crippen LogP contribution in [0.3, 0.4) is 0 Å². The molecule has 58 valence electrons. The SMILES string of the molecule is C=C=CC(CC)OS(=O)[O-]. The highest BCUT2D eigenvalue weighted by Gasteiger charge is 1.99. The van der Waals surface area contributed by atoms with Gasteiger partial charge in [0.25, 0.3) is 0 Å². The molecule has 2 atom stereocenters. The van der Waals surface area contributed by atoms with Crippen molar-refractivity contribution in [3.05, 3.63) is 18.4 Å². The molecule has 0 spiro atoms. The fourth-order valence-corrected chi connectivity index (χ4v) is 0.840. The van der Waals surface area contributed by atoms with Crippen molar-refractivity contribution in [2.45, 2.75) is 19.4 Å². The summed E-state index contributed by atoms with van der Waals surface area (Å²) in [6.45, 7) is 5.11. The molecule has 3 nitrogen and oxygen atoms in total. The topological polar surface area (TPSA) is 49.4 Å². The summed E-state index contributed by atoms with van der Waals surface area (Å²) in [6.07, 6.45) is 1.64. The Balaban J connectivity index is 3.82. The number of hydrogen-bond acceptors (Lipinski definition) is 3. The van der Waals surface area contributed by atoms with Crippen molar-refractivity contribution in [3.63, 3.8) is 0 Å². The molecular formula is C6H9O3S-. The molecule has 0 rings (SSSR count). The smallest absolute Gasteiger partial charge is 0.0988 e. The summed E-state index contributed by atoms with van der Waals surface area (Å²) in [4.78, 5) is 0. The second-order valence-electron chi connectivity index (χ2n) is 1.62. The molecule has 0 saturated carbocycles. The average Bonchev–Trinajstić information content (AvgIpc) is 1.86. The van der Waals surface area contributed by atoms with Crippen LogP contribution in [0.1, 0.15) is 13.3 Å². The molecular weight excluding hydrogens is 152 g/mol. The Bertz CT molecular complexity index is 160. The van der Waals surface area contributed by atoms with E-state index in [1.807, 2.05) is 6.92 Å². The predicted molar refractivity (Wildman–Crippen MR) is 37.8 cm³/mol. The summed E-state index contributed by atoms with van der Waals surface area (Å²) in [5, 5.41) is 0. The maximum Gasteiger partial charge on any atom is 0.0988 e. The maximum atomic E-state index is 9.95. The normalized spacial score (nSPS) is 15.4. The molecule has 0 aromatic rings. The van der Waals surface area contributed by atoms with E-state index in [4.69, 9.17) is 0 Å². The van der Waals surface area contributed by atoms with Gasteiger partial charge >= 0.3 is 0 Å². The van der Waals surface area contributed by atoms with Gasteiger partial charge < -0.3 is 4.55 Å². The molecule has 0 aromatic carbocycles. The minimum atomic E-state index is -2.45. The molecule has 0 aliphatic heterocycles. The Morgan fingerprint density at radius 1 is 2.00 bits per heavy atom. The van der Waals surface area contributed by atoms with Crippen LogP contribution >= 0.6 is 0 Å². The summed E-state index contributed by atoms with van der Waals surface area (Å²) in [5.74, 6) is 0. The molecule has 0 bridgehead atoms. The first kappa shape index (κ1) is 9.59. The van der Waals surface area contributed by atoms with E-state index in [0.717, 1.165) is 0 Å². The van der Waals surface area contributed by atoms with Crippen LogP contribution in [0.25, 0.3) is 0 Å². The van der Waals surface area contributed by atoms with Crippen LogP contribution in [-0.2, 0) is 15.5 Å². The van der Waals surface area contributed by atoms with Gasteiger partial charge in [0.2, 0.25) is 0 Å². The molecule has 0 heterocycles. The van der Waals surface area contributed by atoms with Gasteiger partial charge in [-0.25, -0.2) is 4.21 Å². The lowest BCUT2D eigenvalue weighted by atomic mass is 10.3. The van der Waals surface area contributed by atoms with E-state index in [-0.39, 0.29) is 0 Å². The van der Waals surface area contributed by atoms with Gasteiger partial charge in [-0.2, -0.15) is 0 Å². The summed E-state index contributed by atoms with van der Waals surface area (Å²) >= 11 is -2.45. The molecule has 0 fully saturated rings. The molecule has 10 heavy (non-hydrogen) atoms. The summed E-state index contributed by atoms with van der Waals surface area (Å²) in [7, 11) is 0. The summed E-state index contributed by atoms with van der Waals surface area (Å²) in [5.41, 5.74) is 2.45. The zero-order valence-electron chi connectivity index (χ0n) is 5.70. The molecule has 0 aromatic heterocycles. The quantitative estimate of drug-likeness (QED) is 0.455. The van der Waals surface area contributed by atoms with Crippen LogP contribution in [0.5, 0.6) is 0 Å². The second-order valence-corrected chi connectivity index (χ2v) is 2.22. The zero-order chi connectivity index (χ0) is 7.98. The van der Waals surface area contributed by atoms with Crippen molar-refractivity contribution in [1.82, 2.24) is 0 Å². The van der Waals surface area contributed by atoms with Crippen LogP contribution < -0.4 is 0 Å². The third-order valence-electron chi connectivity index (χ3n) is 0.908. The number of rotatable bonds is 4. The largest absolute Gasteiger partial charge is 0.750 e.